The van der Waals surface area contributed by atoms with Crippen LogP contribution < -0.4 is 5.32 Å². The Hall–Kier alpha value is 0.270. The molecule has 1 unspecified atom stereocenters. The van der Waals surface area contributed by atoms with E-state index >= 15 is 0 Å². The van der Waals surface area contributed by atoms with Gasteiger partial charge in [0.25, 0.3) is 0 Å². The molecule has 0 aromatic heterocycles. The fraction of sp³-hybridized carbons (Fsp3) is 1.00. The molecule has 0 spiro atoms. The van der Waals surface area contributed by atoms with Crippen LogP contribution in [-0.4, -0.2) is 36.8 Å². The van der Waals surface area contributed by atoms with Gasteiger partial charge in [-0.15, -0.1) is 0 Å². The molecule has 3 heteroatoms. The zero-order valence-corrected chi connectivity index (χ0v) is 14.1. The summed E-state index contributed by atoms with van der Waals surface area (Å²) in [5.74, 6) is 2.22. The molecule has 1 atom stereocenters. The van der Waals surface area contributed by atoms with Crippen molar-refractivity contribution in [2.75, 3.05) is 25.5 Å². The Bertz CT molecular complexity index is 237. The summed E-state index contributed by atoms with van der Waals surface area (Å²) in [6, 6.07) is 0.727. The van der Waals surface area contributed by atoms with Gasteiger partial charge in [0.1, 0.15) is 0 Å². The van der Waals surface area contributed by atoms with Gasteiger partial charge in [-0.2, -0.15) is 11.8 Å². The summed E-state index contributed by atoms with van der Waals surface area (Å²) in [7, 11) is 0. The van der Waals surface area contributed by atoms with E-state index in [-0.39, 0.29) is 0 Å². The van der Waals surface area contributed by atoms with Gasteiger partial charge in [0.2, 0.25) is 0 Å². The largest absolute Gasteiger partial charge is 0.381 e. The predicted octanol–water partition coefficient (Wildman–Crippen LogP) is 4.24. The molecule has 20 heavy (non-hydrogen) atoms. The molecule has 1 N–H and O–H groups in total. The van der Waals surface area contributed by atoms with E-state index in [1.165, 1.54) is 70.1 Å². The lowest BCUT2D eigenvalue weighted by atomic mass is 9.93. The molecule has 2 rings (SSSR count). The summed E-state index contributed by atoms with van der Waals surface area (Å²) in [5, 5.41) is 4.74. The number of rotatable bonds is 8. The highest BCUT2D eigenvalue weighted by Crippen LogP contribution is 2.30. The number of thioether (sulfide) groups is 1. The first kappa shape index (κ1) is 16.6. The third kappa shape index (κ3) is 6.36. The lowest BCUT2D eigenvalue weighted by Crippen LogP contribution is -2.35. The Balaban J connectivity index is 1.70. The normalized spacial score (nSPS) is 23.9. The minimum atomic E-state index is 0.727. The van der Waals surface area contributed by atoms with Gasteiger partial charge >= 0.3 is 0 Å². The van der Waals surface area contributed by atoms with Crippen LogP contribution in [-0.2, 0) is 4.74 Å². The third-order valence-corrected chi connectivity index (χ3v) is 6.26. The van der Waals surface area contributed by atoms with Crippen LogP contribution in [0.15, 0.2) is 0 Å². The number of hydrogen-bond donors (Lipinski definition) is 1. The molecule has 0 radical (unpaired) electrons. The van der Waals surface area contributed by atoms with Crippen molar-refractivity contribution in [1.82, 2.24) is 5.32 Å². The van der Waals surface area contributed by atoms with Crippen molar-refractivity contribution in [1.29, 1.82) is 0 Å². The highest BCUT2D eigenvalue weighted by Gasteiger charge is 2.21. The monoisotopic (exact) mass is 299 g/mol. The molecule has 0 amide bonds. The Labute approximate surface area is 129 Å². The average Bonchev–Trinajstić information content (AvgIpc) is 2.52. The van der Waals surface area contributed by atoms with Crippen molar-refractivity contribution in [2.24, 2.45) is 5.92 Å². The molecule has 0 bridgehead atoms. The van der Waals surface area contributed by atoms with Gasteiger partial charge in [0.05, 0.1) is 0 Å². The Kier molecular flexibility index (Phi) is 8.38. The molecule has 0 aromatic carbocycles. The number of nitrogens with one attached hydrogen (secondary N) is 1. The van der Waals surface area contributed by atoms with Crippen LogP contribution in [0.1, 0.15) is 64.7 Å². The first-order valence-electron chi connectivity index (χ1n) is 8.81. The van der Waals surface area contributed by atoms with E-state index in [9.17, 15) is 0 Å². The fourth-order valence-electron chi connectivity index (χ4n) is 3.43. The summed E-state index contributed by atoms with van der Waals surface area (Å²) >= 11 is 2.25. The van der Waals surface area contributed by atoms with Crippen LogP contribution in [0.5, 0.6) is 0 Å². The molecule has 2 fully saturated rings. The molecule has 1 aliphatic carbocycles. The van der Waals surface area contributed by atoms with Crippen molar-refractivity contribution in [3.05, 3.63) is 0 Å². The molecule has 1 heterocycles. The summed E-state index contributed by atoms with van der Waals surface area (Å²) in [4.78, 5) is 0. The highest BCUT2D eigenvalue weighted by molar-refractivity contribution is 7.99. The van der Waals surface area contributed by atoms with Gasteiger partial charge in [-0.05, 0) is 51.0 Å². The standard InChI is InChI=1S/C17H33NOS/c1-2-10-18-16(13-15-8-11-19-12-9-15)14-20-17-6-4-3-5-7-17/h15-18H,2-14H2,1H3. The topological polar surface area (TPSA) is 21.3 Å². The fourth-order valence-corrected chi connectivity index (χ4v) is 4.85. The van der Waals surface area contributed by atoms with Crippen LogP contribution in [0.4, 0.5) is 0 Å². The van der Waals surface area contributed by atoms with Crippen molar-refractivity contribution < 1.29 is 4.74 Å². The van der Waals surface area contributed by atoms with Crippen LogP contribution in [0.3, 0.4) is 0 Å². The first-order chi connectivity index (χ1) is 9.88. The van der Waals surface area contributed by atoms with Crippen LogP contribution in [0, 0.1) is 5.92 Å². The zero-order chi connectivity index (χ0) is 14.0. The number of ether oxygens (including phenoxy) is 1. The lowest BCUT2D eigenvalue weighted by molar-refractivity contribution is 0.0613. The number of hydrogen-bond acceptors (Lipinski definition) is 3. The predicted molar refractivity (Wildman–Crippen MR) is 89.6 cm³/mol. The molecular formula is C17H33NOS. The smallest absolute Gasteiger partial charge is 0.0468 e. The van der Waals surface area contributed by atoms with E-state index in [2.05, 4.69) is 24.0 Å². The Morgan fingerprint density at radius 1 is 1.10 bits per heavy atom. The van der Waals surface area contributed by atoms with Crippen LogP contribution in [0.25, 0.3) is 0 Å². The second kappa shape index (κ2) is 10.1. The maximum atomic E-state index is 5.49. The minimum absolute atomic E-state index is 0.727. The van der Waals surface area contributed by atoms with E-state index in [1.54, 1.807) is 0 Å². The second-order valence-corrected chi connectivity index (χ2v) is 7.87. The molecule has 1 aliphatic heterocycles. The second-order valence-electron chi connectivity index (χ2n) is 6.54. The molecule has 2 nitrogen and oxygen atoms in total. The quantitative estimate of drug-likeness (QED) is 0.724. The summed E-state index contributed by atoms with van der Waals surface area (Å²) in [6.07, 6.45) is 12.5. The van der Waals surface area contributed by atoms with E-state index in [1.807, 2.05) is 0 Å². The van der Waals surface area contributed by atoms with Crippen molar-refractivity contribution >= 4 is 11.8 Å². The van der Waals surface area contributed by atoms with Crippen LogP contribution in [0.2, 0.25) is 0 Å². The van der Waals surface area contributed by atoms with E-state index in [0.717, 1.165) is 30.4 Å². The highest BCUT2D eigenvalue weighted by atomic mass is 32.2. The summed E-state index contributed by atoms with van der Waals surface area (Å²) < 4.78 is 5.49. The summed E-state index contributed by atoms with van der Waals surface area (Å²) in [5.41, 5.74) is 0. The Morgan fingerprint density at radius 2 is 1.85 bits per heavy atom. The molecule has 2 aliphatic rings. The van der Waals surface area contributed by atoms with E-state index < -0.39 is 0 Å². The SMILES string of the molecule is CCCNC(CSC1CCCCC1)CC1CCOCC1. The van der Waals surface area contributed by atoms with Gasteiger partial charge in [0.15, 0.2) is 0 Å². The zero-order valence-electron chi connectivity index (χ0n) is 13.2. The molecule has 1 saturated heterocycles. The van der Waals surface area contributed by atoms with Crippen LogP contribution >= 0.6 is 11.8 Å². The third-order valence-electron chi connectivity index (χ3n) is 4.73. The lowest BCUT2D eigenvalue weighted by Gasteiger charge is -2.29. The van der Waals surface area contributed by atoms with E-state index in [4.69, 9.17) is 4.74 Å². The van der Waals surface area contributed by atoms with Gasteiger partial charge in [-0.25, -0.2) is 0 Å². The summed E-state index contributed by atoms with van der Waals surface area (Å²) in [6.45, 7) is 5.42. The first-order valence-corrected chi connectivity index (χ1v) is 9.86. The van der Waals surface area contributed by atoms with Crippen molar-refractivity contribution in [2.45, 2.75) is 76.0 Å². The van der Waals surface area contributed by atoms with Gasteiger partial charge in [0, 0.05) is 30.3 Å². The van der Waals surface area contributed by atoms with Gasteiger partial charge in [-0.3, -0.25) is 0 Å². The minimum Gasteiger partial charge on any atom is -0.381 e. The van der Waals surface area contributed by atoms with Crippen molar-refractivity contribution in [3.63, 3.8) is 0 Å². The van der Waals surface area contributed by atoms with E-state index in [0.29, 0.717) is 0 Å². The average molecular weight is 300 g/mol. The molecule has 118 valence electrons. The molecule has 0 aromatic rings. The molecule has 1 saturated carbocycles. The maximum absolute atomic E-state index is 5.49. The Morgan fingerprint density at radius 3 is 2.55 bits per heavy atom. The maximum Gasteiger partial charge on any atom is 0.0468 e. The van der Waals surface area contributed by atoms with Crippen molar-refractivity contribution in [3.8, 4) is 0 Å². The van der Waals surface area contributed by atoms with Gasteiger partial charge in [-0.1, -0.05) is 26.2 Å². The van der Waals surface area contributed by atoms with Gasteiger partial charge < -0.3 is 10.1 Å². The molecular weight excluding hydrogens is 266 g/mol.